The van der Waals surface area contributed by atoms with Gasteiger partial charge in [0.2, 0.25) is 5.91 Å². The highest BCUT2D eigenvalue weighted by Gasteiger charge is 2.17. The fraction of sp³-hybridized carbons (Fsp3) is 0.571. The van der Waals surface area contributed by atoms with Crippen molar-refractivity contribution in [3.8, 4) is 0 Å². The molecule has 2 N–H and O–H groups in total. The van der Waals surface area contributed by atoms with Gasteiger partial charge in [-0.05, 0) is 25.0 Å². The van der Waals surface area contributed by atoms with E-state index in [4.69, 9.17) is 5.73 Å². The first-order chi connectivity index (χ1) is 9.08. The van der Waals surface area contributed by atoms with Crippen LogP contribution in [0.1, 0.15) is 31.9 Å². The highest BCUT2D eigenvalue weighted by atomic mass is 16.2. The molecule has 1 aliphatic heterocycles. The number of aromatic nitrogens is 1. The molecular weight excluding hydrogens is 240 g/mol. The van der Waals surface area contributed by atoms with Crippen LogP contribution < -0.4 is 10.6 Å². The summed E-state index contributed by atoms with van der Waals surface area (Å²) in [6.45, 7) is 6.97. The van der Waals surface area contributed by atoms with E-state index in [2.05, 4.69) is 9.88 Å². The van der Waals surface area contributed by atoms with Gasteiger partial charge >= 0.3 is 0 Å². The van der Waals surface area contributed by atoms with Gasteiger partial charge in [0, 0.05) is 45.3 Å². The number of nitrogens with two attached hydrogens (primary N) is 1. The van der Waals surface area contributed by atoms with Crippen LogP contribution >= 0.6 is 0 Å². The Kier molecular flexibility index (Phi) is 4.37. The van der Waals surface area contributed by atoms with Crippen molar-refractivity contribution in [3.63, 3.8) is 0 Å². The molecule has 1 fully saturated rings. The Balaban J connectivity index is 2.03. The molecule has 5 heteroatoms. The molecule has 2 heterocycles. The summed E-state index contributed by atoms with van der Waals surface area (Å²) in [7, 11) is 0. The van der Waals surface area contributed by atoms with Gasteiger partial charge in [-0.1, -0.05) is 6.07 Å². The standard InChI is InChI=1S/C14H22N4O/c1-11(15)13-4-5-14(16-10-13)18-7-3-6-17(8-9-18)12(2)19/h4-5,10-11H,3,6-9,15H2,1-2H3/t11-/m0/s1. The van der Waals surface area contributed by atoms with Crippen molar-refractivity contribution in [1.82, 2.24) is 9.88 Å². The summed E-state index contributed by atoms with van der Waals surface area (Å²) < 4.78 is 0. The predicted octanol–water partition coefficient (Wildman–Crippen LogP) is 1.16. The van der Waals surface area contributed by atoms with Gasteiger partial charge in [0.05, 0.1) is 0 Å². The molecule has 19 heavy (non-hydrogen) atoms. The minimum Gasteiger partial charge on any atom is -0.355 e. The number of hydrogen-bond donors (Lipinski definition) is 1. The van der Waals surface area contributed by atoms with Gasteiger partial charge in [-0.3, -0.25) is 4.79 Å². The molecular formula is C14H22N4O. The number of nitrogens with zero attached hydrogens (tertiary/aromatic N) is 3. The van der Waals surface area contributed by atoms with Crippen molar-refractivity contribution in [2.45, 2.75) is 26.3 Å². The largest absolute Gasteiger partial charge is 0.355 e. The molecule has 1 atom stereocenters. The second-order valence-electron chi connectivity index (χ2n) is 5.09. The summed E-state index contributed by atoms with van der Waals surface area (Å²) in [5.41, 5.74) is 6.87. The molecule has 1 aromatic heterocycles. The maximum Gasteiger partial charge on any atom is 0.219 e. The zero-order valence-electron chi connectivity index (χ0n) is 11.7. The van der Waals surface area contributed by atoms with E-state index in [0.717, 1.165) is 44.0 Å². The van der Waals surface area contributed by atoms with E-state index in [1.807, 2.05) is 30.2 Å². The van der Waals surface area contributed by atoms with Crippen LogP contribution in [-0.4, -0.2) is 42.0 Å². The molecule has 0 aromatic carbocycles. The topological polar surface area (TPSA) is 62.5 Å². The summed E-state index contributed by atoms with van der Waals surface area (Å²) in [6, 6.07) is 4.06. The van der Waals surface area contributed by atoms with Crippen LogP contribution in [0, 0.1) is 0 Å². The van der Waals surface area contributed by atoms with Crippen molar-refractivity contribution in [2.75, 3.05) is 31.1 Å². The third-order valence-electron chi connectivity index (χ3n) is 3.56. The monoisotopic (exact) mass is 262 g/mol. The molecule has 2 rings (SSSR count). The number of pyridine rings is 1. The lowest BCUT2D eigenvalue weighted by molar-refractivity contribution is -0.128. The maximum atomic E-state index is 11.4. The van der Waals surface area contributed by atoms with Crippen molar-refractivity contribution in [2.24, 2.45) is 5.73 Å². The molecule has 0 spiro atoms. The van der Waals surface area contributed by atoms with Crippen LogP contribution in [-0.2, 0) is 4.79 Å². The van der Waals surface area contributed by atoms with E-state index in [-0.39, 0.29) is 11.9 Å². The molecule has 0 saturated carbocycles. The SMILES string of the molecule is CC(=O)N1CCCN(c2ccc([C@H](C)N)cn2)CC1. The van der Waals surface area contributed by atoms with Crippen LogP contribution in [0.4, 0.5) is 5.82 Å². The van der Waals surface area contributed by atoms with Crippen molar-refractivity contribution in [1.29, 1.82) is 0 Å². The molecule has 0 aliphatic carbocycles. The first kappa shape index (κ1) is 13.8. The van der Waals surface area contributed by atoms with Crippen LogP contribution in [0.25, 0.3) is 0 Å². The molecule has 1 aliphatic rings. The van der Waals surface area contributed by atoms with E-state index in [9.17, 15) is 4.79 Å². The van der Waals surface area contributed by atoms with Crippen LogP contribution in [0.2, 0.25) is 0 Å². The summed E-state index contributed by atoms with van der Waals surface area (Å²) >= 11 is 0. The predicted molar refractivity (Wildman–Crippen MR) is 75.9 cm³/mol. The second-order valence-corrected chi connectivity index (χ2v) is 5.09. The van der Waals surface area contributed by atoms with Crippen LogP contribution in [0.5, 0.6) is 0 Å². The number of carbonyl (C=O) groups excluding carboxylic acids is 1. The summed E-state index contributed by atoms with van der Waals surface area (Å²) in [6.07, 6.45) is 2.82. The Hall–Kier alpha value is -1.62. The third kappa shape index (κ3) is 3.44. The molecule has 5 nitrogen and oxygen atoms in total. The second kappa shape index (κ2) is 6.02. The molecule has 1 amide bonds. The minimum absolute atomic E-state index is 0.0129. The molecule has 1 saturated heterocycles. The molecule has 0 unspecified atom stereocenters. The average molecular weight is 262 g/mol. The van der Waals surface area contributed by atoms with E-state index >= 15 is 0 Å². The fourth-order valence-corrected chi connectivity index (χ4v) is 2.32. The Morgan fingerprint density at radius 3 is 2.68 bits per heavy atom. The van der Waals surface area contributed by atoms with Gasteiger partial charge < -0.3 is 15.5 Å². The van der Waals surface area contributed by atoms with Crippen molar-refractivity contribution < 1.29 is 4.79 Å². The van der Waals surface area contributed by atoms with Gasteiger partial charge in [0.15, 0.2) is 0 Å². The van der Waals surface area contributed by atoms with E-state index in [1.165, 1.54) is 0 Å². The van der Waals surface area contributed by atoms with E-state index in [0.29, 0.717) is 0 Å². The van der Waals surface area contributed by atoms with E-state index < -0.39 is 0 Å². The van der Waals surface area contributed by atoms with Gasteiger partial charge in [-0.15, -0.1) is 0 Å². The zero-order valence-corrected chi connectivity index (χ0v) is 11.7. The lowest BCUT2D eigenvalue weighted by Gasteiger charge is -2.22. The Morgan fingerprint density at radius 2 is 2.11 bits per heavy atom. The van der Waals surface area contributed by atoms with Gasteiger partial charge in [-0.25, -0.2) is 4.98 Å². The Morgan fingerprint density at radius 1 is 1.32 bits per heavy atom. The Bertz CT molecular complexity index is 430. The number of carbonyl (C=O) groups is 1. The minimum atomic E-state index is 0.0129. The highest BCUT2D eigenvalue weighted by molar-refractivity contribution is 5.73. The van der Waals surface area contributed by atoms with Gasteiger partial charge in [0.25, 0.3) is 0 Å². The van der Waals surface area contributed by atoms with Gasteiger partial charge in [0.1, 0.15) is 5.82 Å². The summed E-state index contributed by atoms with van der Waals surface area (Å²) in [4.78, 5) is 20.0. The number of hydrogen-bond acceptors (Lipinski definition) is 4. The smallest absolute Gasteiger partial charge is 0.219 e. The zero-order chi connectivity index (χ0) is 13.8. The molecule has 104 valence electrons. The summed E-state index contributed by atoms with van der Waals surface area (Å²) in [5, 5.41) is 0. The lowest BCUT2D eigenvalue weighted by atomic mass is 10.1. The van der Waals surface area contributed by atoms with Crippen LogP contribution in [0.15, 0.2) is 18.3 Å². The summed E-state index contributed by atoms with van der Waals surface area (Å²) in [5.74, 6) is 1.12. The fourth-order valence-electron chi connectivity index (χ4n) is 2.32. The molecule has 0 radical (unpaired) electrons. The number of anilines is 1. The number of rotatable bonds is 2. The van der Waals surface area contributed by atoms with Crippen molar-refractivity contribution >= 4 is 11.7 Å². The average Bonchev–Trinajstić information content (AvgIpc) is 2.64. The molecule has 0 bridgehead atoms. The molecule has 1 aromatic rings. The lowest BCUT2D eigenvalue weighted by Crippen LogP contribution is -2.33. The maximum absolute atomic E-state index is 11.4. The Labute approximate surface area is 114 Å². The first-order valence-electron chi connectivity index (χ1n) is 6.80. The highest BCUT2D eigenvalue weighted by Crippen LogP contribution is 2.16. The number of amides is 1. The van der Waals surface area contributed by atoms with Gasteiger partial charge in [-0.2, -0.15) is 0 Å². The normalized spacial score (nSPS) is 18.1. The quantitative estimate of drug-likeness (QED) is 0.868. The third-order valence-corrected chi connectivity index (χ3v) is 3.56. The first-order valence-corrected chi connectivity index (χ1v) is 6.80. The van der Waals surface area contributed by atoms with Crippen molar-refractivity contribution in [3.05, 3.63) is 23.9 Å². The van der Waals surface area contributed by atoms with Crippen LogP contribution in [0.3, 0.4) is 0 Å². The van der Waals surface area contributed by atoms with E-state index in [1.54, 1.807) is 6.92 Å².